The van der Waals surface area contributed by atoms with Gasteiger partial charge in [0.1, 0.15) is 11.9 Å². The van der Waals surface area contributed by atoms with E-state index >= 15 is 0 Å². The highest BCUT2D eigenvalue weighted by Gasteiger charge is 2.21. The number of aromatic nitrogens is 2. The highest BCUT2D eigenvalue weighted by atomic mass is 19.1. The fourth-order valence-electron chi connectivity index (χ4n) is 3.56. The van der Waals surface area contributed by atoms with Crippen molar-refractivity contribution in [2.24, 2.45) is 0 Å². The van der Waals surface area contributed by atoms with Gasteiger partial charge in [-0.3, -0.25) is 0 Å². The molecule has 0 amide bonds. The number of rotatable bonds is 7. The highest BCUT2D eigenvalue weighted by Crippen LogP contribution is 2.26. The third kappa shape index (κ3) is 4.54. The van der Waals surface area contributed by atoms with Gasteiger partial charge < -0.3 is 9.73 Å². The molecule has 0 saturated carbocycles. The van der Waals surface area contributed by atoms with E-state index in [1.165, 1.54) is 43.4 Å². The zero-order valence-electron chi connectivity index (χ0n) is 15.8. The molecule has 1 aromatic heterocycles. The monoisotopic (exact) mass is 377 g/mol. The summed E-state index contributed by atoms with van der Waals surface area (Å²) in [5.74, 6) is 0.716. The van der Waals surface area contributed by atoms with Crippen LogP contribution in [0.2, 0.25) is 0 Å². The summed E-state index contributed by atoms with van der Waals surface area (Å²) < 4.78 is 19.4. The van der Waals surface area contributed by atoms with Gasteiger partial charge in [-0.15, -0.1) is 10.2 Å². The average molecular weight is 377 g/mol. The third-order valence-electron chi connectivity index (χ3n) is 5.09. The summed E-state index contributed by atoms with van der Waals surface area (Å²) in [6.07, 6.45) is 8.29. The van der Waals surface area contributed by atoms with Gasteiger partial charge in [0.25, 0.3) is 0 Å². The van der Waals surface area contributed by atoms with Crippen molar-refractivity contribution in [3.8, 4) is 11.5 Å². The number of benzene rings is 2. The van der Waals surface area contributed by atoms with Gasteiger partial charge in [0.2, 0.25) is 11.8 Å². The molecule has 4 nitrogen and oxygen atoms in total. The number of nitrogens with zero attached hydrogens (tertiary/aromatic N) is 2. The van der Waals surface area contributed by atoms with Gasteiger partial charge in [0.05, 0.1) is 0 Å². The predicted octanol–water partition coefficient (Wildman–Crippen LogP) is 5.45. The second-order valence-electron chi connectivity index (χ2n) is 7.11. The van der Waals surface area contributed by atoms with E-state index in [2.05, 4.69) is 21.6 Å². The van der Waals surface area contributed by atoms with Gasteiger partial charge in [-0.2, -0.15) is 0 Å². The lowest BCUT2D eigenvalue weighted by molar-refractivity contribution is 0.438. The highest BCUT2D eigenvalue weighted by molar-refractivity contribution is 5.51. The average Bonchev–Trinajstić information content (AvgIpc) is 3.23. The minimum absolute atomic E-state index is 0.259. The lowest BCUT2D eigenvalue weighted by Gasteiger charge is -2.18. The maximum atomic E-state index is 13.4. The van der Waals surface area contributed by atoms with Crippen LogP contribution in [0.5, 0.6) is 0 Å². The van der Waals surface area contributed by atoms with E-state index in [1.54, 1.807) is 12.1 Å². The molecule has 5 heteroatoms. The van der Waals surface area contributed by atoms with E-state index in [-0.39, 0.29) is 11.9 Å². The minimum atomic E-state index is -0.269. The van der Waals surface area contributed by atoms with E-state index in [1.807, 2.05) is 30.3 Å². The molecule has 144 valence electrons. The van der Waals surface area contributed by atoms with Crippen molar-refractivity contribution >= 4 is 0 Å². The van der Waals surface area contributed by atoms with Gasteiger partial charge in [0.15, 0.2) is 0 Å². The molecule has 0 fully saturated rings. The number of hydrogen-bond acceptors (Lipinski definition) is 4. The first-order valence-electron chi connectivity index (χ1n) is 9.85. The van der Waals surface area contributed by atoms with Crippen LogP contribution in [0.4, 0.5) is 4.39 Å². The van der Waals surface area contributed by atoms with Crippen molar-refractivity contribution in [2.75, 3.05) is 6.54 Å². The summed E-state index contributed by atoms with van der Waals surface area (Å²) in [4.78, 5) is 0. The molecule has 1 aliphatic carbocycles. The van der Waals surface area contributed by atoms with E-state index in [4.69, 9.17) is 4.42 Å². The maximum absolute atomic E-state index is 13.4. The van der Waals surface area contributed by atoms with Crippen LogP contribution in [0, 0.1) is 5.82 Å². The molecule has 4 rings (SSSR count). The first kappa shape index (κ1) is 18.6. The van der Waals surface area contributed by atoms with Crippen LogP contribution in [0.25, 0.3) is 11.5 Å². The molecule has 1 heterocycles. The third-order valence-corrected chi connectivity index (χ3v) is 5.09. The van der Waals surface area contributed by atoms with Crippen LogP contribution in [0.15, 0.2) is 70.7 Å². The van der Waals surface area contributed by atoms with E-state index < -0.39 is 0 Å². The molecule has 0 aliphatic heterocycles. The molecule has 0 bridgehead atoms. The standard InChI is InChI=1S/C23H24FN3O/c24-20-13-11-18(12-14-20)21(25-16-15-17-7-3-1-4-8-17)23-27-26-22(28-23)19-9-5-2-6-10-19/h2,5-7,9-14,21,25H,1,3-4,8,15-16H2/t21-/m1/s1. The molecule has 0 unspecified atom stereocenters. The van der Waals surface area contributed by atoms with Gasteiger partial charge >= 0.3 is 0 Å². The molecule has 2 aromatic carbocycles. The first-order valence-corrected chi connectivity index (χ1v) is 9.85. The number of halogens is 1. The second kappa shape index (κ2) is 8.93. The molecule has 0 saturated heterocycles. The van der Waals surface area contributed by atoms with Gasteiger partial charge in [-0.1, -0.05) is 42.0 Å². The van der Waals surface area contributed by atoms with Crippen molar-refractivity contribution in [1.29, 1.82) is 0 Å². The maximum Gasteiger partial charge on any atom is 0.247 e. The lowest BCUT2D eigenvalue weighted by atomic mass is 9.97. The molecular weight excluding hydrogens is 353 g/mol. The van der Waals surface area contributed by atoms with Crippen LogP contribution in [0.1, 0.15) is 49.6 Å². The summed E-state index contributed by atoms with van der Waals surface area (Å²) in [6, 6.07) is 15.9. The minimum Gasteiger partial charge on any atom is -0.419 e. The van der Waals surface area contributed by atoms with Crippen LogP contribution >= 0.6 is 0 Å². The van der Waals surface area contributed by atoms with Crippen molar-refractivity contribution in [3.05, 3.63) is 83.5 Å². The van der Waals surface area contributed by atoms with E-state index in [0.717, 1.165) is 24.1 Å². The van der Waals surface area contributed by atoms with Crippen LogP contribution in [0.3, 0.4) is 0 Å². The molecule has 1 aliphatic rings. The van der Waals surface area contributed by atoms with Gasteiger partial charge in [0, 0.05) is 5.56 Å². The number of allylic oxidation sites excluding steroid dienone is 1. The summed E-state index contributed by atoms with van der Waals surface area (Å²) in [7, 11) is 0. The Hall–Kier alpha value is -2.79. The molecule has 28 heavy (non-hydrogen) atoms. The summed E-state index contributed by atoms with van der Waals surface area (Å²) in [5, 5.41) is 12.0. The van der Waals surface area contributed by atoms with Crippen molar-refractivity contribution < 1.29 is 8.81 Å². The summed E-state index contributed by atoms with van der Waals surface area (Å²) in [5.41, 5.74) is 3.29. The zero-order chi connectivity index (χ0) is 19.2. The van der Waals surface area contributed by atoms with Crippen LogP contribution in [-0.4, -0.2) is 16.7 Å². The first-order chi connectivity index (χ1) is 13.8. The predicted molar refractivity (Wildman–Crippen MR) is 107 cm³/mol. The Morgan fingerprint density at radius 2 is 1.82 bits per heavy atom. The Kier molecular flexibility index (Phi) is 5.92. The lowest BCUT2D eigenvalue weighted by Crippen LogP contribution is -2.24. The molecule has 3 aromatic rings. The topological polar surface area (TPSA) is 51.0 Å². The molecule has 1 atom stereocenters. The fourth-order valence-corrected chi connectivity index (χ4v) is 3.56. The largest absolute Gasteiger partial charge is 0.419 e. The van der Waals surface area contributed by atoms with E-state index in [9.17, 15) is 4.39 Å². The quantitative estimate of drug-likeness (QED) is 0.557. The number of hydrogen-bond donors (Lipinski definition) is 1. The van der Waals surface area contributed by atoms with E-state index in [0.29, 0.717) is 11.8 Å². The molecular formula is C23H24FN3O. The molecule has 0 spiro atoms. The zero-order valence-corrected chi connectivity index (χ0v) is 15.8. The fraction of sp³-hybridized carbons (Fsp3) is 0.304. The second-order valence-corrected chi connectivity index (χ2v) is 7.11. The Labute approximate surface area is 164 Å². The Morgan fingerprint density at radius 1 is 1.00 bits per heavy atom. The normalized spacial score (nSPS) is 15.2. The Morgan fingerprint density at radius 3 is 2.57 bits per heavy atom. The Balaban J connectivity index is 1.53. The molecule has 0 radical (unpaired) electrons. The summed E-state index contributed by atoms with van der Waals surface area (Å²) >= 11 is 0. The van der Waals surface area contributed by atoms with Gasteiger partial charge in [-0.05, 0) is 68.5 Å². The smallest absolute Gasteiger partial charge is 0.247 e. The molecule has 1 N–H and O–H groups in total. The van der Waals surface area contributed by atoms with Gasteiger partial charge in [-0.25, -0.2) is 4.39 Å². The van der Waals surface area contributed by atoms with Crippen molar-refractivity contribution in [1.82, 2.24) is 15.5 Å². The SMILES string of the molecule is Fc1ccc([C@@H](NCCC2=CCCCC2)c2nnc(-c3ccccc3)o2)cc1. The van der Waals surface area contributed by atoms with Crippen LogP contribution < -0.4 is 5.32 Å². The van der Waals surface area contributed by atoms with Crippen molar-refractivity contribution in [2.45, 2.75) is 38.1 Å². The Bertz CT molecular complexity index is 919. The van der Waals surface area contributed by atoms with Crippen LogP contribution in [-0.2, 0) is 0 Å². The number of nitrogens with one attached hydrogen (secondary N) is 1. The summed E-state index contributed by atoms with van der Waals surface area (Å²) in [6.45, 7) is 0.803. The van der Waals surface area contributed by atoms with Crippen molar-refractivity contribution in [3.63, 3.8) is 0 Å².